The van der Waals surface area contributed by atoms with Crippen molar-refractivity contribution in [3.63, 3.8) is 0 Å². The highest BCUT2D eigenvalue weighted by Crippen LogP contribution is 2.36. The molecule has 0 N–H and O–H groups in total. The lowest BCUT2D eigenvalue weighted by Gasteiger charge is -2.49. The summed E-state index contributed by atoms with van der Waals surface area (Å²) in [5, 5.41) is 0. The van der Waals surface area contributed by atoms with E-state index in [2.05, 4.69) is 67.2 Å². The zero-order valence-electron chi connectivity index (χ0n) is 28.4. The molecule has 4 atom stereocenters. The third-order valence-corrected chi connectivity index (χ3v) is 8.78. The number of ether oxygens (including phenoxy) is 6. The minimum absolute atomic E-state index is 0.299. The van der Waals surface area contributed by atoms with Crippen LogP contribution in [0.1, 0.15) is 27.8 Å². The minimum Gasteiger partial charge on any atom is -0.369 e. The fourth-order valence-electron chi connectivity index (χ4n) is 6.27. The quantitative estimate of drug-likeness (QED) is 0.0872. The van der Waals surface area contributed by atoms with Gasteiger partial charge >= 0.3 is 0 Å². The molecule has 6 heteroatoms. The first-order valence-electron chi connectivity index (χ1n) is 17.3. The van der Waals surface area contributed by atoms with Gasteiger partial charge in [0.1, 0.15) is 36.6 Å². The van der Waals surface area contributed by atoms with Gasteiger partial charge in [0.2, 0.25) is 0 Å². The summed E-state index contributed by atoms with van der Waals surface area (Å²) in [6, 6.07) is 50.7. The maximum Gasteiger partial charge on any atom is 0.116 e. The Balaban J connectivity index is 1.40. The highest BCUT2D eigenvalue weighted by atomic mass is 16.6. The van der Waals surface area contributed by atoms with E-state index < -0.39 is 36.6 Å². The van der Waals surface area contributed by atoms with Crippen LogP contribution in [0.5, 0.6) is 0 Å². The molecule has 0 saturated heterocycles. The number of hydrogen-bond donors (Lipinski definition) is 0. The summed E-state index contributed by atoms with van der Waals surface area (Å²) in [6.07, 6.45) is -1.69. The van der Waals surface area contributed by atoms with Gasteiger partial charge in [-0.2, -0.15) is 0 Å². The van der Waals surface area contributed by atoms with E-state index in [-0.39, 0.29) is 0 Å². The molecule has 1 fully saturated rings. The topological polar surface area (TPSA) is 55.4 Å². The van der Waals surface area contributed by atoms with E-state index in [1.165, 1.54) is 0 Å². The van der Waals surface area contributed by atoms with Gasteiger partial charge < -0.3 is 28.4 Å². The molecule has 4 unspecified atom stereocenters. The summed E-state index contributed by atoms with van der Waals surface area (Å²) in [6.45, 7) is 6.05. The van der Waals surface area contributed by atoms with E-state index in [0.29, 0.717) is 39.6 Å². The van der Waals surface area contributed by atoms with Gasteiger partial charge in [0.05, 0.1) is 39.6 Å². The third-order valence-electron chi connectivity index (χ3n) is 8.78. The Morgan fingerprint density at radius 3 is 0.720 bits per heavy atom. The molecule has 6 nitrogen and oxygen atoms in total. The van der Waals surface area contributed by atoms with E-state index in [1.54, 1.807) is 6.08 Å². The van der Waals surface area contributed by atoms with Gasteiger partial charge in [-0.15, -0.1) is 6.58 Å². The van der Waals surface area contributed by atoms with Gasteiger partial charge in [-0.1, -0.05) is 158 Å². The average Bonchev–Trinajstić information content (AvgIpc) is 3.18. The van der Waals surface area contributed by atoms with Crippen LogP contribution in [0.4, 0.5) is 0 Å². The van der Waals surface area contributed by atoms with Crippen LogP contribution in [-0.2, 0) is 61.5 Å². The highest BCUT2D eigenvalue weighted by molar-refractivity contribution is 5.18. The molecule has 0 spiro atoms. The molecule has 0 heterocycles. The average molecular weight is 671 g/mol. The zero-order valence-corrected chi connectivity index (χ0v) is 28.4. The summed E-state index contributed by atoms with van der Waals surface area (Å²) in [5.41, 5.74) is 5.22. The molecular weight excluding hydrogens is 624 g/mol. The number of hydrogen-bond acceptors (Lipinski definition) is 6. The zero-order chi connectivity index (χ0) is 34.2. The summed E-state index contributed by atoms with van der Waals surface area (Å²) in [5.74, 6) is 0. The van der Waals surface area contributed by atoms with Crippen molar-refractivity contribution in [1.29, 1.82) is 0 Å². The van der Waals surface area contributed by atoms with Crippen LogP contribution in [0.25, 0.3) is 0 Å². The SMILES string of the molecule is C=CCO[C@H]1C(OCc2ccccc2)C(OCc2ccccc2)[C@@H](OCc2ccccc2)C(OCc2ccccc2)C1OCc1ccccc1. The van der Waals surface area contributed by atoms with Crippen LogP contribution >= 0.6 is 0 Å². The Hall–Kier alpha value is -4.40. The molecule has 0 bridgehead atoms. The van der Waals surface area contributed by atoms with Gasteiger partial charge in [-0.05, 0) is 27.8 Å². The fourth-order valence-corrected chi connectivity index (χ4v) is 6.27. The van der Waals surface area contributed by atoms with Crippen molar-refractivity contribution in [3.8, 4) is 0 Å². The Bertz CT molecular complexity index is 1550. The highest BCUT2D eigenvalue weighted by Gasteiger charge is 2.55. The maximum absolute atomic E-state index is 6.90. The molecule has 0 aromatic heterocycles. The van der Waals surface area contributed by atoms with Crippen molar-refractivity contribution < 1.29 is 28.4 Å². The van der Waals surface area contributed by atoms with Crippen LogP contribution in [0.15, 0.2) is 164 Å². The van der Waals surface area contributed by atoms with E-state index in [4.69, 9.17) is 28.4 Å². The Labute approximate surface area is 296 Å². The van der Waals surface area contributed by atoms with E-state index in [9.17, 15) is 0 Å². The van der Waals surface area contributed by atoms with Crippen molar-refractivity contribution in [2.24, 2.45) is 0 Å². The smallest absolute Gasteiger partial charge is 0.116 e. The predicted octanol–water partition coefficient (Wildman–Crippen LogP) is 8.50. The first kappa shape index (κ1) is 35.4. The van der Waals surface area contributed by atoms with Crippen LogP contribution in [0.3, 0.4) is 0 Å². The predicted molar refractivity (Wildman–Crippen MR) is 195 cm³/mol. The molecule has 50 heavy (non-hydrogen) atoms. The number of benzene rings is 5. The van der Waals surface area contributed by atoms with Crippen molar-refractivity contribution in [2.75, 3.05) is 6.61 Å². The van der Waals surface area contributed by atoms with E-state index in [1.807, 2.05) is 91.0 Å². The normalized spacial score (nSPS) is 21.8. The van der Waals surface area contributed by atoms with E-state index >= 15 is 0 Å². The molecule has 1 saturated carbocycles. The second-order valence-corrected chi connectivity index (χ2v) is 12.4. The summed E-state index contributed by atoms with van der Waals surface area (Å²) < 4.78 is 41.0. The number of rotatable bonds is 18. The van der Waals surface area contributed by atoms with Gasteiger partial charge in [-0.25, -0.2) is 0 Å². The molecule has 5 aromatic rings. The molecule has 1 aliphatic carbocycles. The molecule has 0 radical (unpaired) electrons. The molecule has 1 aliphatic rings. The van der Waals surface area contributed by atoms with E-state index in [0.717, 1.165) is 27.8 Å². The standard InChI is InChI=1S/C44H46O6/c1-2-28-45-39-40(46-29-34-18-8-3-9-19-34)42(48-31-36-22-12-5-13-23-36)44(50-33-38-26-16-7-17-27-38)43(49-32-37-24-14-6-15-25-37)41(39)47-30-35-20-10-4-11-21-35/h2-27,39-44H,1,28-33H2/t39-,40?,41?,42?,43?,44+. The molecule has 0 aliphatic heterocycles. The molecule has 258 valence electrons. The lowest BCUT2D eigenvalue weighted by molar-refractivity contribution is -0.289. The monoisotopic (exact) mass is 670 g/mol. The van der Waals surface area contributed by atoms with Crippen molar-refractivity contribution in [2.45, 2.75) is 69.7 Å². The first-order valence-corrected chi connectivity index (χ1v) is 17.3. The Morgan fingerprint density at radius 1 is 0.320 bits per heavy atom. The third kappa shape index (κ3) is 10.1. The summed E-state index contributed by atoms with van der Waals surface area (Å²) in [7, 11) is 0. The lowest BCUT2D eigenvalue weighted by atomic mass is 9.83. The van der Waals surface area contributed by atoms with Crippen molar-refractivity contribution in [3.05, 3.63) is 192 Å². The van der Waals surface area contributed by atoms with Crippen molar-refractivity contribution in [1.82, 2.24) is 0 Å². The van der Waals surface area contributed by atoms with Crippen molar-refractivity contribution >= 4 is 0 Å². The molecule has 6 rings (SSSR count). The van der Waals surface area contributed by atoms with Gasteiger partial charge in [-0.3, -0.25) is 0 Å². The molecule has 0 amide bonds. The Kier molecular flexibility index (Phi) is 13.5. The molecule has 5 aromatic carbocycles. The minimum atomic E-state index is -0.576. The Morgan fingerprint density at radius 2 is 0.520 bits per heavy atom. The lowest BCUT2D eigenvalue weighted by Crippen LogP contribution is -2.67. The van der Waals surface area contributed by atoms with Crippen LogP contribution in [0.2, 0.25) is 0 Å². The van der Waals surface area contributed by atoms with Gasteiger partial charge in [0.25, 0.3) is 0 Å². The van der Waals surface area contributed by atoms with Gasteiger partial charge in [0, 0.05) is 0 Å². The molecular formula is C44H46O6. The summed E-state index contributed by atoms with van der Waals surface area (Å²) >= 11 is 0. The maximum atomic E-state index is 6.90. The van der Waals surface area contributed by atoms with Crippen LogP contribution < -0.4 is 0 Å². The van der Waals surface area contributed by atoms with Crippen LogP contribution in [-0.4, -0.2) is 43.2 Å². The first-order chi connectivity index (χ1) is 24.8. The fraction of sp³-hybridized carbons (Fsp3) is 0.273. The summed E-state index contributed by atoms with van der Waals surface area (Å²) in [4.78, 5) is 0. The van der Waals surface area contributed by atoms with Gasteiger partial charge in [0.15, 0.2) is 0 Å². The second kappa shape index (κ2) is 19.1. The largest absolute Gasteiger partial charge is 0.369 e. The van der Waals surface area contributed by atoms with Crippen LogP contribution in [0, 0.1) is 0 Å². The second-order valence-electron chi connectivity index (χ2n) is 12.4.